The summed E-state index contributed by atoms with van der Waals surface area (Å²) >= 11 is 6.51. The van der Waals surface area contributed by atoms with Crippen LogP contribution >= 0.6 is 11.6 Å². The normalized spacial score (nSPS) is 14.1. The van der Waals surface area contributed by atoms with Crippen LogP contribution in [0.15, 0.2) is 40.2 Å². The lowest BCUT2D eigenvalue weighted by Crippen LogP contribution is -2.19. The molecule has 0 aliphatic heterocycles. The lowest BCUT2D eigenvalue weighted by molar-refractivity contribution is -0.143. The van der Waals surface area contributed by atoms with Gasteiger partial charge in [0.2, 0.25) is 5.88 Å². The van der Waals surface area contributed by atoms with Crippen LogP contribution in [0.3, 0.4) is 0 Å². The number of nitrogens with one attached hydrogen (secondary N) is 3. The number of carbonyl (C=O) groups excluding carboxylic acids is 1. The summed E-state index contributed by atoms with van der Waals surface area (Å²) in [7, 11) is 0. The Morgan fingerprint density at radius 1 is 1.24 bits per heavy atom. The highest BCUT2D eigenvalue weighted by Gasteiger charge is 2.20. The molecule has 0 amide bonds. The number of anilines is 2. The smallest absolute Gasteiger partial charge is 0.326 e. The molecule has 1 saturated carbocycles. The second-order valence-electron chi connectivity index (χ2n) is 9.77. The van der Waals surface area contributed by atoms with E-state index in [0.29, 0.717) is 58.3 Å². The van der Waals surface area contributed by atoms with Gasteiger partial charge in [0.1, 0.15) is 17.3 Å². The average Bonchev–Trinajstić information content (AvgIpc) is 3.57. The van der Waals surface area contributed by atoms with Gasteiger partial charge >= 0.3 is 11.7 Å². The van der Waals surface area contributed by atoms with Gasteiger partial charge in [-0.3, -0.25) is 14.8 Å². The molecule has 0 bridgehead atoms. The molecule has 4 aromatic rings. The number of aromatic amines is 2. The topological polar surface area (TPSA) is 159 Å². The molecule has 41 heavy (non-hydrogen) atoms. The molecule has 1 fully saturated rings. The minimum Gasteiger partial charge on any atom is -0.493 e. The van der Waals surface area contributed by atoms with Crippen molar-refractivity contribution in [3.8, 4) is 11.6 Å². The molecule has 4 N–H and O–H groups in total. The van der Waals surface area contributed by atoms with Crippen molar-refractivity contribution in [2.24, 2.45) is 4.99 Å². The fourth-order valence-corrected chi connectivity index (χ4v) is 4.48. The highest BCUT2D eigenvalue weighted by atomic mass is 35.5. The highest BCUT2D eigenvalue weighted by Crippen LogP contribution is 2.29. The van der Waals surface area contributed by atoms with Crippen LogP contribution in [0.4, 0.5) is 11.5 Å². The number of esters is 1. The number of imidazole rings is 1. The van der Waals surface area contributed by atoms with E-state index in [1.54, 1.807) is 22.9 Å². The Hall–Kier alpha value is -4.32. The Bertz CT molecular complexity index is 1710. The van der Waals surface area contributed by atoms with E-state index >= 15 is 0 Å². The first-order valence-corrected chi connectivity index (χ1v) is 14.1. The molecule has 3 heterocycles. The number of ether oxygens (including phenoxy) is 2. The lowest BCUT2D eigenvalue weighted by atomic mass is 10.1. The molecule has 0 saturated heterocycles. The minimum absolute atomic E-state index is 0.147. The Morgan fingerprint density at radius 2 is 2.07 bits per heavy atom. The van der Waals surface area contributed by atoms with Crippen LogP contribution in [0, 0.1) is 0 Å². The van der Waals surface area contributed by atoms with Gasteiger partial charge in [0.15, 0.2) is 11.1 Å². The van der Waals surface area contributed by atoms with Gasteiger partial charge in [-0.05, 0) is 56.9 Å². The number of aromatic nitrogens is 5. The van der Waals surface area contributed by atoms with Crippen LogP contribution in [0.5, 0.6) is 11.6 Å². The van der Waals surface area contributed by atoms with Gasteiger partial charge in [0.25, 0.3) is 0 Å². The largest absolute Gasteiger partial charge is 0.493 e. The average molecular weight is 582 g/mol. The van der Waals surface area contributed by atoms with Gasteiger partial charge in [-0.15, -0.1) is 0 Å². The molecular weight excluding hydrogens is 550 g/mol. The summed E-state index contributed by atoms with van der Waals surface area (Å²) in [5.74, 6) is 0.708. The van der Waals surface area contributed by atoms with Gasteiger partial charge in [-0.2, -0.15) is 9.61 Å². The summed E-state index contributed by atoms with van der Waals surface area (Å²) in [5.41, 5.74) is 1.57. The van der Waals surface area contributed by atoms with Crippen LogP contribution in [0.2, 0.25) is 5.02 Å². The van der Waals surface area contributed by atoms with Crippen LogP contribution in [-0.4, -0.2) is 54.9 Å². The molecule has 5 rings (SSSR count). The fourth-order valence-electron chi connectivity index (χ4n) is 4.24. The standard InChI is InChI=1S/C28H32ClN7O5/c1-2-40-25(37)7-5-3-4-6-12-41-22-11-10-19(14-20(22)29)31-23-15-24(32-18-8-9-18)36-26(34-23)17(16-30-36)13-21-27(38)35-28(39)33-21/h10-11,13-16,18,31,38H,2-9,12H2,1H3,(H2,33,35,39). The highest BCUT2D eigenvalue weighted by molar-refractivity contribution is 6.32. The van der Waals surface area contributed by atoms with E-state index in [9.17, 15) is 14.7 Å². The molecule has 0 atom stereocenters. The maximum absolute atomic E-state index is 11.6. The molecule has 1 aliphatic rings. The van der Waals surface area contributed by atoms with E-state index in [1.165, 1.54) is 0 Å². The summed E-state index contributed by atoms with van der Waals surface area (Å²) in [5, 5.41) is 18.8. The van der Waals surface area contributed by atoms with Crippen molar-refractivity contribution >= 4 is 40.8 Å². The predicted octanol–water partition coefficient (Wildman–Crippen LogP) is 3.35. The third-order valence-corrected chi connectivity index (χ3v) is 6.71. The number of hydrogen-bond acceptors (Lipinski definition) is 9. The lowest BCUT2D eigenvalue weighted by Gasteiger charge is -2.11. The Balaban J connectivity index is 1.27. The molecule has 1 aromatic carbocycles. The van der Waals surface area contributed by atoms with Gasteiger partial charge < -0.3 is 24.9 Å². The van der Waals surface area contributed by atoms with Crippen molar-refractivity contribution in [2.75, 3.05) is 18.5 Å². The van der Waals surface area contributed by atoms with Gasteiger partial charge in [-0.1, -0.05) is 24.4 Å². The molecule has 0 radical (unpaired) electrons. The van der Waals surface area contributed by atoms with Crippen LogP contribution in [0.25, 0.3) is 11.7 Å². The first kappa shape index (κ1) is 28.2. The maximum Gasteiger partial charge on any atom is 0.326 e. The second kappa shape index (κ2) is 12.9. The number of aromatic hydroxyl groups is 1. The number of H-pyrrole nitrogens is 2. The van der Waals surface area contributed by atoms with E-state index in [4.69, 9.17) is 31.1 Å². The van der Waals surface area contributed by atoms with Crippen LogP contribution in [0.1, 0.15) is 57.6 Å². The van der Waals surface area contributed by atoms with Crippen molar-refractivity contribution < 1.29 is 19.4 Å². The first-order valence-electron chi connectivity index (χ1n) is 13.7. The van der Waals surface area contributed by atoms with Crippen molar-refractivity contribution in [2.45, 2.75) is 57.9 Å². The summed E-state index contributed by atoms with van der Waals surface area (Å²) in [6.07, 6.45) is 9.25. The van der Waals surface area contributed by atoms with Gasteiger partial charge in [0.05, 0.1) is 30.5 Å². The van der Waals surface area contributed by atoms with E-state index < -0.39 is 5.69 Å². The van der Waals surface area contributed by atoms with Crippen molar-refractivity contribution in [3.63, 3.8) is 0 Å². The monoisotopic (exact) mass is 581 g/mol. The second-order valence-corrected chi connectivity index (χ2v) is 10.2. The third-order valence-electron chi connectivity index (χ3n) is 6.42. The molecular formula is C28H32ClN7O5. The molecule has 0 unspecified atom stereocenters. The number of unbranched alkanes of at least 4 members (excludes halogenated alkanes) is 3. The first-order chi connectivity index (χ1) is 19.9. The summed E-state index contributed by atoms with van der Waals surface area (Å²) in [4.78, 5) is 37.3. The molecule has 12 nitrogen and oxygen atoms in total. The number of fused-ring (bicyclic) bond motifs is 1. The molecule has 3 aromatic heterocycles. The van der Waals surface area contributed by atoms with Crippen LogP contribution < -0.4 is 26.4 Å². The maximum atomic E-state index is 11.6. The van der Waals surface area contributed by atoms with Crippen LogP contribution in [-0.2, 0) is 9.53 Å². The zero-order chi connectivity index (χ0) is 28.8. The third kappa shape index (κ3) is 7.46. The van der Waals surface area contributed by atoms with E-state index in [1.807, 2.05) is 25.1 Å². The van der Waals surface area contributed by atoms with E-state index in [0.717, 1.165) is 38.5 Å². The molecule has 13 heteroatoms. The van der Waals surface area contributed by atoms with E-state index in [-0.39, 0.29) is 23.6 Å². The van der Waals surface area contributed by atoms with Gasteiger partial charge in [-0.25, -0.2) is 9.78 Å². The summed E-state index contributed by atoms with van der Waals surface area (Å²) < 4.78 is 12.4. The number of carbonyl (C=O) groups is 1. The number of halogens is 1. The number of hydrogen-bond donors (Lipinski definition) is 4. The van der Waals surface area contributed by atoms with Crippen molar-refractivity contribution in [1.29, 1.82) is 0 Å². The Labute approximate surface area is 240 Å². The number of nitrogens with zero attached hydrogens (tertiary/aromatic N) is 4. The fraction of sp³-hybridized carbons (Fsp3) is 0.393. The Kier molecular flexibility index (Phi) is 8.88. The SMILES string of the molecule is CCOC(=O)CCCCCCOc1ccc(Nc2cc(=NC3CC3)n3ncc(=Cc4[nH]c(=O)[nH]c4O)c3n2)cc1Cl. The zero-order valence-corrected chi connectivity index (χ0v) is 23.4. The minimum atomic E-state index is -0.514. The molecule has 216 valence electrons. The van der Waals surface area contributed by atoms with Gasteiger partial charge in [0, 0.05) is 23.4 Å². The Morgan fingerprint density at radius 3 is 2.80 bits per heavy atom. The van der Waals surface area contributed by atoms with Crippen molar-refractivity contribution in [3.05, 3.63) is 62.4 Å². The quantitative estimate of drug-likeness (QED) is 0.138. The molecule has 1 aliphatic carbocycles. The summed E-state index contributed by atoms with van der Waals surface area (Å²) in [6, 6.07) is 7.50. The number of benzene rings is 1. The zero-order valence-electron chi connectivity index (χ0n) is 22.7. The number of rotatable bonds is 13. The summed E-state index contributed by atoms with van der Waals surface area (Å²) in [6.45, 7) is 2.75. The van der Waals surface area contributed by atoms with Crippen molar-refractivity contribution in [1.82, 2.24) is 24.6 Å². The molecule has 0 spiro atoms. The van der Waals surface area contributed by atoms with E-state index in [2.05, 4.69) is 20.4 Å². The predicted molar refractivity (Wildman–Crippen MR) is 153 cm³/mol.